The summed E-state index contributed by atoms with van der Waals surface area (Å²) in [6, 6.07) is 18.7. The number of amides is 2. The Balaban J connectivity index is 0.000000417. The largest absolute Gasteiger partial charge is 0.393 e. The number of nitrogens with one attached hydrogen (secondary N) is 4. The molecule has 9 heteroatoms. The van der Waals surface area contributed by atoms with Gasteiger partial charge in [-0.05, 0) is 111 Å². The average molecular weight is 558 g/mol. The number of carbonyl (C=O) groups is 2. The van der Waals surface area contributed by atoms with Crippen molar-refractivity contribution in [3.8, 4) is 0 Å². The molecule has 1 aromatic heterocycles. The molecule has 5 rings (SSSR count). The molecule has 0 unspecified atom stereocenters. The fraction of sp³-hybridized carbons (Fsp3) is 0.250. The lowest BCUT2D eigenvalue weighted by atomic mass is 10.1. The molecule has 2 amide bonds. The highest BCUT2D eigenvalue weighted by molar-refractivity contribution is 6.04. The maximum atomic E-state index is 14.2. The van der Waals surface area contributed by atoms with E-state index in [0.717, 1.165) is 31.6 Å². The Labute approximate surface area is 239 Å². The van der Waals surface area contributed by atoms with Crippen LogP contribution in [0.4, 0.5) is 32.8 Å². The van der Waals surface area contributed by atoms with Crippen LogP contribution in [0.2, 0.25) is 0 Å². The van der Waals surface area contributed by atoms with Gasteiger partial charge < -0.3 is 30.9 Å². The molecule has 0 radical (unpaired) electrons. The summed E-state index contributed by atoms with van der Waals surface area (Å²) in [6.45, 7) is 7.93. The zero-order valence-corrected chi connectivity index (χ0v) is 23.5. The van der Waals surface area contributed by atoms with E-state index >= 15 is 0 Å². The molecule has 4 aromatic rings. The van der Waals surface area contributed by atoms with Crippen molar-refractivity contribution in [2.75, 3.05) is 33.9 Å². The summed E-state index contributed by atoms with van der Waals surface area (Å²) in [5, 5.41) is 17.9. The van der Waals surface area contributed by atoms with E-state index in [2.05, 4.69) is 46.6 Å². The normalized spacial score (nSPS) is 13.1. The minimum Gasteiger partial charge on any atom is -0.393 e. The van der Waals surface area contributed by atoms with E-state index in [1.165, 1.54) is 29.0 Å². The molecule has 3 aromatic carbocycles. The number of anilines is 5. The number of aliphatic hydroxyl groups is 1. The summed E-state index contributed by atoms with van der Waals surface area (Å²) in [4.78, 5) is 28.4. The van der Waals surface area contributed by atoms with Crippen molar-refractivity contribution in [2.24, 2.45) is 0 Å². The third-order valence-corrected chi connectivity index (χ3v) is 7.23. The van der Waals surface area contributed by atoms with Gasteiger partial charge in [0, 0.05) is 53.3 Å². The third kappa shape index (κ3) is 7.95. The number of benzene rings is 3. The fourth-order valence-corrected chi connectivity index (χ4v) is 4.45. The van der Waals surface area contributed by atoms with Crippen molar-refractivity contribution < 1.29 is 19.1 Å². The second kappa shape index (κ2) is 13.6. The van der Waals surface area contributed by atoms with Crippen LogP contribution in [0.1, 0.15) is 40.0 Å². The van der Waals surface area contributed by atoms with Crippen molar-refractivity contribution in [3.05, 3.63) is 101 Å². The SMILES string of the molecule is Cc1c[nH]c(C)c1C.O=CNc1ccc(Nc2ccc(NC(=O)c3ccc(N4CCC(O)CC4)cc3)cc2)c(F)c1. The van der Waals surface area contributed by atoms with Crippen molar-refractivity contribution in [2.45, 2.75) is 39.7 Å². The molecule has 5 N–H and O–H groups in total. The van der Waals surface area contributed by atoms with Crippen LogP contribution in [-0.4, -0.2) is 41.6 Å². The summed E-state index contributed by atoms with van der Waals surface area (Å²) in [7, 11) is 0. The average Bonchev–Trinajstić information content (AvgIpc) is 3.27. The fourth-order valence-electron chi connectivity index (χ4n) is 4.45. The predicted molar refractivity (Wildman–Crippen MR) is 163 cm³/mol. The lowest BCUT2D eigenvalue weighted by molar-refractivity contribution is -0.105. The maximum Gasteiger partial charge on any atom is 0.255 e. The predicted octanol–water partition coefficient (Wildman–Crippen LogP) is 6.29. The molecule has 0 aliphatic carbocycles. The quantitative estimate of drug-likeness (QED) is 0.172. The van der Waals surface area contributed by atoms with Gasteiger partial charge >= 0.3 is 0 Å². The monoisotopic (exact) mass is 557 g/mol. The summed E-state index contributed by atoms with van der Waals surface area (Å²) >= 11 is 0. The molecule has 1 aliphatic heterocycles. The van der Waals surface area contributed by atoms with Crippen LogP contribution in [0, 0.1) is 26.6 Å². The van der Waals surface area contributed by atoms with E-state index in [1.807, 2.05) is 18.3 Å². The van der Waals surface area contributed by atoms with E-state index in [0.29, 0.717) is 29.0 Å². The van der Waals surface area contributed by atoms with Gasteiger partial charge in [0.15, 0.2) is 0 Å². The molecule has 1 fully saturated rings. The number of hydrogen-bond donors (Lipinski definition) is 5. The number of aryl methyl sites for hydroxylation is 2. The topological polar surface area (TPSA) is 109 Å². The number of piperidine rings is 1. The molecular formula is C32H36FN5O3. The Hall–Kier alpha value is -4.63. The second-order valence-electron chi connectivity index (χ2n) is 10.1. The molecular weight excluding hydrogens is 521 g/mol. The molecule has 0 spiro atoms. The number of aromatic nitrogens is 1. The smallest absolute Gasteiger partial charge is 0.255 e. The number of aromatic amines is 1. The Bertz CT molecular complexity index is 1440. The summed E-state index contributed by atoms with van der Waals surface area (Å²) in [6.07, 6.45) is 3.80. The van der Waals surface area contributed by atoms with Crippen LogP contribution in [0.5, 0.6) is 0 Å². The first-order valence-corrected chi connectivity index (χ1v) is 13.6. The van der Waals surface area contributed by atoms with Crippen molar-refractivity contribution >= 4 is 40.8 Å². The van der Waals surface area contributed by atoms with Crippen LogP contribution in [0.25, 0.3) is 0 Å². The van der Waals surface area contributed by atoms with Gasteiger partial charge in [-0.1, -0.05) is 0 Å². The molecule has 214 valence electrons. The maximum absolute atomic E-state index is 14.2. The van der Waals surface area contributed by atoms with Gasteiger partial charge in [-0.25, -0.2) is 4.39 Å². The number of aliphatic hydroxyl groups excluding tert-OH is 1. The first kappa shape index (κ1) is 29.4. The Morgan fingerprint density at radius 1 is 0.951 bits per heavy atom. The standard InChI is InChI=1S/C25H25FN4O3.C7H11N/c26-23-15-20(27-16-31)7-10-24(23)28-18-3-5-19(6-4-18)29-25(33)17-1-8-21(9-2-17)30-13-11-22(32)12-14-30;1-5-4-8-7(3)6(5)2/h1-10,15-16,22,28,32H,11-14H2,(H,27,31)(H,29,33);4,8H,1-3H3. The summed E-state index contributed by atoms with van der Waals surface area (Å²) < 4.78 is 14.2. The van der Waals surface area contributed by atoms with Crippen LogP contribution >= 0.6 is 0 Å². The molecule has 0 atom stereocenters. The molecule has 1 aliphatic rings. The zero-order valence-electron chi connectivity index (χ0n) is 23.5. The number of H-pyrrole nitrogens is 1. The number of halogens is 1. The molecule has 8 nitrogen and oxygen atoms in total. The van der Waals surface area contributed by atoms with Gasteiger partial charge in [0.05, 0.1) is 11.8 Å². The van der Waals surface area contributed by atoms with Gasteiger partial charge in [-0.3, -0.25) is 9.59 Å². The lowest BCUT2D eigenvalue weighted by Gasteiger charge is -2.31. The lowest BCUT2D eigenvalue weighted by Crippen LogP contribution is -2.35. The van der Waals surface area contributed by atoms with E-state index in [4.69, 9.17) is 0 Å². The van der Waals surface area contributed by atoms with Crippen molar-refractivity contribution in [1.29, 1.82) is 0 Å². The highest BCUT2D eigenvalue weighted by Gasteiger charge is 2.17. The van der Waals surface area contributed by atoms with Crippen LogP contribution in [0.15, 0.2) is 72.9 Å². The minimum atomic E-state index is -0.497. The first-order valence-electron chi connectivity index (χ1n) is 13.6. The highest BCUT2D eigenvalue weighted by Crippen LogP contribution is 2.25. The molecule has 0 saturated carbocycles. The molecule has 0 bridgehead atoms. The minimum absolute atomic E-state index is 0.222. The van der Waals surface area contributed by atoms with Gasteiger partial charge in [-0.2, -0.15) is 0 Å². The highest BCUT2D eigenvalue weighted by atomic mass is 19.1. The molecule has 41 heavy (non-hydrogen) atoms. The Morgan fingerprint density at radius 3 is 2.12 bits per heavy atom. The third-order valence-electron chi connectivity index (χ3n) is 7.23. The number of rotatable bonds is 7. The van der Waals surface area contributed by atoms with E-state index in [-0.39, 0.29) is 17.7 Å². The number of carbonyl (C=O) groups excluding carboxylic acids is 2. The molecule has 2 heterocycles. The van der Waals surface area contributed by atoms with Gasteiger partial charge in [-0.15, -0.1) is 0 Å². The van der Waals surface area contributed by atoms with Crippen molar-refractivity contribution in [3.63, 3.8) is 0 Å². The first-order chi connectivity index (χ1) is 19.7. The van der Waals surface area contributed by atoms with Gasteiger partial charge in [0.25, 0.3) is 5.91 Å². The van der Waals surface area contributed by atoms with E-state index in [1.54, 1.807) is 42.5 Å². The van der Waals surface area contributed by atoms with Crippen LogP contribution in [0.3, 0.4) is 0 Å². The van der Waals surface area contributed by atoms with Gasteiger partial charge in [0.2, 0.25) is 6.41 Å². The number of hydrogen-bond acceptors (Lipinski definition) is 5. The summed E-state index contributed by atoms with van der Waals surface area (Å²) in [5.74, 6) is -0.718. The molecule has 1 saturated heterocycles. The van der Waals surface area contributed by atoms with E-state index < -0.39 is 5.82 Å². The van der Waals surface area contributed by atoms with Crippen molar-refractivity contribution in [1.82, 2.24) is 4.98 Å². The van der Waals surface area contributed by atoms with E-state index in [9.17, 15) is 19.1 Å². The Morgan fingerprint density at radius 2 is 1.59 bits per heavy atom. The summed E-state index contributed by atoms with van der Waals surface area (Å²) in [5.41, 5.74) is 7.50. The number of nitrogens with zero attached hydrogens (tertiary/aromatic N) is 1. The Kier molecular flexibility index (Phi) is 9.76. The van der Waals surface area contributed by atoms with Crippen LogP contribution < -0.4 is 20.9 Å². The van der Waals surface area contributed by atoms with Gasteiger partial charge in [0.1, 0.15) is 5.82 Å². The van der Waals surface area contributed by atoms with Crippen LogP contribution in [-0.2, 0) is 4.79 Å². The second-order valence-corrected chi connectivity index (χ2v) is 10.1. The zero-order chi connectivity index (χ0) is 29.4.